The highest BCUT2D eigenvalue weighted by atomic mass is 79.9. The topological polar surface area (TPSA) is 50.3 Å². The lowest BCUT2D eigenvalue weighted by Crippen LogP contribution is -2.37. The minimum atomic E-state index is 0.485. The van der Waals surface area contributed by atoms with E-state index in [1.807, 2.05) is 6.20 Å². The van der Waals surface area contributed by atoms with E-state index in [2.05, 4.69) is 50.1 Å². The largest absolute Gasteiger partial charge is 0.381 e. The molecule has 0 bridgehead atoms. The van der Waals surface area contributed by atoms with Crippen LogP contribution in [0.1, 0.15) is 26.2 Å². The number of aromatic nitrogens is 2. The van der Waals surface area contributed by atoms with E-state index in [1.165, 1.54) is 0 Å². The van der Waals surface area contributed by atoms with Gasteiger partial charge in [-0.05, 0) is 35.2 Å². The van der Waals surface area contributed by atoms with Crippen LogP contribution in [-0.2, 0) is 4.74 Å². The average Bonchev–Trinajstić information content (AvgIpc) is 2.46. The van der Waals surface area contributed by atoms with Crippen molar-refractivity contribution in [2.45, 2.75) is 32.2 Å². The Morgan fingerprint density at radius 2 is 2.21 bits per heavy atom. The van der Waals surface area contributed by atoms with E-state index in [9.17, 15) is 0 Å². The summed E-state index contributed by atoms with van der Waals surface area (Å²) >= 11 is 3.54. The summed E-state index contributed by atoms with van der Waals surface area (Å²) in [6.07, 6.45) is 4.97. The lowest BCUT2D eigenvalue weighted by molar-refractivity contribution is 0.0853. The average molecular weight is 329 g/mol. The third-order valence-corrected chi connectivity index (χ3v) is 3.89. The van der Waals surface area contributed by atoms with Crippen LogP contribution < -0.4 is 10.2 Å². The fourth-order valence-electron chi connectivity index (χ4n) is 2.17. The zero-order chi connectivity index (χ0) is 13.7. The van der Waals surface area contributed by atoms with Crippen molar-refractivity contribution in [2.75, 3.05) is 37.0 Å². The molecule has 1 fully saturated rings. The maximum Gasteiger partial charge on any atom is 0.224 e. The molecule has 0 aromatic carbocycles. The molecule has 5 nitrogen and oxygen atoms in total. The summed E-state index contributed by atoms with van der Waals surface area (Å²) in [5.74, 6) is 1.64. The Bertz CT molecular complexity index is 410. The maximum atomic E-state index is 5.41. The predicted octanol–water partition coefficient (Wildman–Crippen LogP) is 2.68. The Balaban J connectivity index is 2.12. The Morgan fingerprint density at radius 1 is 1.47 bits per heavy atom. The second-order valence-electron chi connectivity index (χ2n) is 4.75. The number of ether oxygens (including phenoxy) is 1. The Kier molecular flexibility index (Phi) is 5.39. The minimum absolute atomic E-state index is 0.485. The van der Waals surface area contributed by atoms with Crippen molar-refractivity contribution in [2.24, 2.45) is 0 Å². The van der Waals surface area contributed by atoms with Crippen molar-refractivity contribution in [3.63, 3.8) is 0 Å². The summed E-state index contributed by atoms with van der Waals surface area (Å²) in [6, 6.07) is 0.485. The molecule has 2 rings (SSSR count). The van der Waals surface area contributed by atoms with Gasteiger partial charge in [-0.3, -0.25) is 0 Å². The van der Waals surface area contributed by atoms with Gasteiger partial charge in [0.25, 0.3) is 0 Å². The first kappa shape index (κ1) is 14.5. The van der Waals surface area contributed by atoms with Crippen molar-refractivity contribution in [1.82, 2.24) is 9.97 Å². The molecule has 1 N–H and O–H groups in total. The zero-order valence-electron chi connectivity index (χ0n) is 11.5. The summed E-state index contributed by atoms with van der Waals surface area (Å²) in [6.45, 7) is 4.68. The lowest BCUT2D eigenvalue weighted by atomic mass is 10.1. The first-order valence-corrected chi connectivity index (χ1v) is 7.58. The molecule has 1 aliphatic heterocycles. The van der Waals surface area contributed by atoms with Gasteiger partial charge in [-0.25, -0.2) is 4.98 Å². The molecule has 0 unspecified atom stereocenters. The zero-order valence-corrected chi connectivity index (χ0v) is 13.1. The number of hydrogen-bond acceptors (Lipinski definition) is 5. The molecule has 0 aliphatic carbocycles. The van der Waals surface area contributed by atoms with Gasteiger partial charge in [0.05, 0.1) is 4.47 Å². The number of halogens is 1. The van der Waals surface area contributed by atoms with Crippen LogP contribution in [0.5, 0.6) is 0 Å². The molecule has 1 aliphatic rings. The van der Waals surface area contributed by atoms with E-state index in [0.29, 0.717) is 12.0 Å². The van der Waals surface area contributed by atoms with Crippen LogP contribution >= 0.6 is 15.9 Å². The van der Waals surface area contributed by atoms with Crippen molar-refractivity contribution < 1.29 is 4.74 Å². The highest BCUT2D eigenvalue weighted by Crippen LogP contribution is 2.27. The van der Waals surface area contributed by atoms with Gasteiger partial charge in [0.1, 0.15) is 5.82 Å². The molecule has 0 saturated carbocycles. The van der Waals surface area contributed by atoms with Crippen LogP contribution in [0.25, 0.3) is 0 Å². The molecule has 0 radical (unpaired) electrons. The van der Waals surface area contributed by atoms with Gasteiger partial charge in [0.15, 0.2) is 0 Å². The van der Waals surface area contributed by atoms with Gasteiger partial charge in [-0.1, -0.05) is 6.92 Å². The SMILES string of the molecule is CCCNc1ncc(Br)c(N(C)C2CCOCC2)n1. The van der Waals surface area contributed by atoms with Crippen LogP contribution in [0.4, 0.5) is 11.8 Å². The van der Waals surface area contributed by atoms with Crippen molar-refractivity contribution in [3.8, 4) is 0 Å². The fraction of sp³-hybridized carbons (Fsp3) is 0.692. The molecule has 1 aromatic rings. The summed E-state index contributed by atoms with van der Waals surface area (Å²) in [7, 11) is 2.09. The number of hydrogen-bond donors (Lipinski definition) is 1. The summed E-state index contributed by atoms with van der Waals surface area (Å²) < 4.78 is 6.34. The molecular weight excluding hydrogens is 308 g/mol. The van der Waals surface area contributed by atoms with Gasteiger partial charge in [0, 0.05) is 39.0 Å². The quantitative estimate of drug-likeness (QED) is 0.900. The minimum Gasteiger partial charge on any atom is -0.381 e. The van der Waals surface area contributed by atoms with Gasteiger partial charge >= 0.3 is 0 Å². The highest BCUT2D eigenvalue weighted by Gasteiger charge is 2.21. The lowest BCUT2D eigenvalue weighted by Gasteiger charge is -2.32. The van der Waals surface area contributed by atoms with Crippen molar-refractivity contribution >= 4 is 27.7 Å². The van der Waals surface area contributed by atoms with Crippen LogP contribution in [-0.4, -0.2) is 42.8 Å². The highest BCUT2D eigenvalue weighted by molar-refractivity contribution is 9.10. The molecular formula is C13H21BrN4O. The standard InChI is InChI=1S/C13H21BrN4O/c1-3-6-15-13-16-9-11(14)12(17-13)18(2)10-4-7-19-8-5-10/h9-10H,3-8H2,1-2H3,(H,15,16,17). The summed E-state index contributed by atoms with van der Waals surface area (Å²) in [5, 5.41) is 3.23. The number of nitrogens with one attached hydrogen (secondary N) is 1. The fourth-order valence-corrected chi connectivity index (χ4v) is 2.64. The van der Waals surface area contributed by atoms with E-state index in [4.69, 9.17) is 4.74 Å². The number of nitrogens with zero attached hydrogens (tertiary/aromatic N) is 3. The van der Waals surface area contributed by atoms with E-state index < -0.39 is 0 Å². The van der Waals surface area contributed by atoms with Crippen LogP contribution in [0, 0.1) is 0 Å². The van der Waals surface area contributed by atoms with Crippen LogP contribution in [0.15, 0.2) is 10.7 Å². The van der Waals surface area contributed by atoms with Crippen molar-refractivity contribution in [3.05, 3.63) is 10.7 Å². The first-order valence-electron chi connectivity index (χ1n) is 6.79. The number of rotatable bonds is 5. The van der Waals surface area contributed by atoms with Gasteiger partial charge in [-0.15, -0.1) is 0 Å². The van der Waals surface area contributed by atoms with Gasteiger partial charge in [-0.2, -0.15) is 4.98 Å². The van der Waals surface area contributed by atoms with E-state index in [-0.39, 0.29) is 0 Å². The van der Waals surface area contributed by atoms with E-state index in [0.717, 1.165) is 49.3 Å². The van der Waals surface area contributed by atoms with Crippen LogP contribution in [0.2, 0.25) is 0 Å². The molecule has 0 amide bonds. The smallest absolute Gasteiger partial charge is 0.224 e. The first-order chi connectivity index (χ1) is 9.22. The van der Waals surface area contributed by atoms with Gasteiger partial charge in [0.2, 0.25) is 5.95 Å². The van der Waals surface area contributed by atoms with E-state index >= 15 is 0 Å². The molecule has 1 saturated heterocycles. The van der Waals surface area contributed by atoms with Crippen molar-refractivity contribution in [1.29, 1.82) is 0 Å². The Morgan fingerprint density at radius 3 is 2.89 bits per heavy atom. The molecule has 106 valence electrons. The maximum absolute atomic E-state index is 5.41. The van der Waals surface area contributed by atoms with E-state index in [1.54, 1.807) is 0 Å². The summed E-state index contributed by atoms with van der Waals surface area (Å²) in [4.78, 5) is 11.1. The third kappa shape index (κ3) is 3.79. The Hall–Kier alpha value is -0.880. The molecule has 6 heteroatoms. The second kappa shape index (κ2) is 7.05. The predicted molar refractivity (Wildman–Crippen MR) is 80.8 cm³/mol. The summed E-state index contributed by atoms with van der Waals surface area (Å²) in [5.41, 5.74) is 0. The molecule has 1 aromatic heterocycles. The molecule has 19 heavy (non-hydrogen) atoms. The molecule has 2 heterocycles. The third-order valence-electron chi connectivity index (χ3n) is 3.33. The monoisotopic (exact) mass is 328 g/mol. The molecule has 0 atom stereocenters. The number of anilines is 2. The second-order valence-corrected chi connectivity index (χ2v) is 5.60. The Labute approximate surface area is 122 Å². The molecule has 0 spiro atoms. The van der Waals surface area contributed by atoms with Crippen LogP contribution in [0.3, 0.4) is 0 Å². The van der Waals surface area contributed by atoms with Gasteiger partial charge < -0.3 is 15.0 Å². The normalized spacial score (nSPS) is 16.4.